The molecule has 0 radical (unpaired) electrons. The summed E-state index contributed by atoms with van der Waals surface area (Å²) in [5, 5.41) is 11.0. The van der Waals surface area contributed by atoms with Crippen molar-refractivity contribution in [2.45, 2.75) is 50.0 Å². The second kappa shape index (κ2) is 7.01. The average Bonchev–Trinajstić information content (AvgIpc) is 3.09. The van der Waals surface area contributed by atoms with E-state index < -0.39 is 17.5 Å². The molecule has 1 aromatic rings. The Labute approximate surface area is 140 Å². The zero-order valence-corrected chi connectivity index (χ0v) is 14.0. The molecule has 5 nitrogen and oxygen atoms in total. The van der Waals surface area contributed by atoms with Crippen molar-refractivity contribution >= 4 is 23.2 Å². The van der Waals surface area contributed by atoms with Gasteiger partial charge in [-0.15, -0.1) is 11.3 Å². The Bertz CT molecular complexity index is 551. The minimum absolute atomic E-state index is 0.0459. The largest absolute Gasteiger partial charge is 0.481 e. The van der Waals surface area contributed by atoms with E-state index in [1.165, 1.54) is 6.42 Å². The third kappa shape index (κ3) is 3.43. The zero-order chi connectivity index (χ0) is 16.3. The number of thiophene rings is 1. The number of hydrogen-bond acceptors (Lipinski definition) is 4. The Balaban J connectivity index is 1.79. The maximum atomic E-state index is 13.3. The van der Waals surface area contributed by atoms with Crippen LogP contribution in [0.2, 0.25) is 0 Å². The number of carboxylic acid groups (broad SMARTS) is 1. The van der Waals surface area contributed by atoms with Crippen LogP contribution in [-0.2, 0) is 19.7 Å². The van der Waals surface area contributed by atoms with Crippen molar-refractivity contribution in [3.63, 3.8) is 0 Å². The fourth-order valence-corrected chi connectivity index (χ4v) is 4.77. The predicted molar refractivity (Wildman–Crippen MR) is 87.7 cm³/mol. The molecule has 1 aromatic heterocycles. The second-order valence-corrected chi connectivity index (χ2v) is 7.41. The van der Waals surface area contributed by atoms with Crippen molar-refractivity contribution in [3.05, 3.63) is 22.4 Å². The van der Waals surface area contributed by atoms with Crippen LogP contribution in [0.25, 0.3) is 0 Å². The summed E-state index contributed by atoms with van der Waals surface area (Å²) in [6.45, 7) is 1.37. The number of ether oxygens (including phenoxy) is 1. The minimum Gasteiger partial charge on any atom is -0.481 e. The third-order valence-corrected chi connectivity index (χ3v) is 6.01. The molecule has 3 rings (SSSR count). The van der Waals surface area contributed by atoms with Crippen molar-refractivity contribution in [1.29, 1.82) is 0 Å². The Morgan fingerprint density at radius 3 is 2.78 bits per heavy atom. The van der Waals surface area contributed by atoms with Gasteiger partial charge in [0.15, 0.2) is 0 Å². The Hall–Kier alpha value is -1.40. The average molecular weight is 337 g/mol. The second-order valence-electron chi connectivity index (χ2n) is 6.46. The summed E-state index contributed by atoms with van der Waals surface area (Å²) in [7, 11) is 0. The molecule has 0 aromatic carbocycles. The van der Waals surface area contributed by atoms with Gasteiger partial charge in [-0.1, -0.05) is 25.3 Å². The first-order valence-electron chi connectivity index (χ1n) is 8.28. The van der Waals surface area contributed by atoms with Gasteiger partial charge in [-0.05, 0) is 24.3 Å². The number of amides is 1. The molecule has 23 heavy (non-hydrogen) atoms. The lowest BCUT2D eigenvalue weighted by molar-refractivity contribution is -0.151. The number of carboxylic acids is 1. The van der Waals surface area contributed by atoms with Crippen molar-refractivity contribution in [2.24, 2.45) is 0 Å². The first-order valence-corrected chi connectivity index (χ1v) is 9.16. The minimum atomic E-state index is -0.880. The third-order valence-electron chi connectivity index (χ3n) is 4.94. The summed E-state index contributed by atoms with van der Waals surface area (Å²) in [5.41, 5.74) is -0.405. The monoisotopic (exact) mass is 337 g/mol. The van der Waals surface area contributed by atoms with Gasteiger partial charge in [-0.3, -0.25) is 9.59 Å². The van der Waals surface area contributed by atoms with Crippen LogP contribution >= 0.6 is 11.3 Å². The van der Waals surface area contributed by atoms with Gasteiger partial charge in [0.05, 0.1) is 24.5 Å². The fraction of sp³-hybridized carbons (Fsp3) is 0.647. The van der Waals surface area contributed by atoms with Gasteiger partial charge >= 0.3 is 5.97 Å². The first-order chi connectivity index (χ1) is 11.1. The Morgan fingerprint density at radius 2 is 2.13 bits per heavy atom. The van der Waals surface area contributed by atoms with Crippen molar-refractivity contribution in [1.82, 2.24) is 4.90 Å². The van der Waals surface area contributed by atoms with E-state index in [2.05, 4.69) is 6.07 Å². The molecule has 2 heterocycles. The number of hydrogen-bond donors (Lipinski definition) is 1. The van der Waals surface area contributed by atoms with Crippen LogP contribution in [0.15, 0.2) is 17.5 Å². The smallest absolute Gasteiger partial charge is 0.306 e. The topological polar surface area (TPSA) is 66.8 Å². The van der Waals surface area contributed by atoms with Gasteiger partial charge in [0.25, 0.3) is 0 Å². The number of aliphatic carboxylic acids is 1. The fourth-order valence-electron chi connectivity index (χ4n) is 3.80. The summed E-state index contributed by atoms with van der Waals surface area (Å²) in [6, 6.07) is 4.08. The van der Waals surface area contributed by atoms with Gasteiger partial charge in [0.1, 0.15) is 0 Å². The number of morpholine rings is 1. The maximum Gasteiger partial charge on any atom is 0.306 e. The summed E-state index contributed by atoms with van der Waals surface area (Å²) in [4.78, 5) is 27.2. The van der Waals surface area contributed by atoms with Crippen LogP contribution in [-0.4, -0.2) is 47.7 Å². The van der Waals surface area contributed by atoms with Gasteiger partial charge in [-0.25, -0.2) is 0 Å². The Kier molecular flexibility index (Phi) is 5.02. The van der Waals surface area contributed by atoms with Gasteiger partial charge in [0, 0.05) is 18.0 Å². The molecule has 1 atom stereocenters. The summed E-state index contributed by atoms with van der Waals surface area (Å²) < 4.78 is 5.51. The van der Waals surface area contributed by atoms with Crippen LogP contribution in [0.5, 0.6) is 0 Å². The van der Waals surface area contributed by atoms with E-state index in [0.29, 0.717) is 19.7 Å². The van der Waals surface area contributed by atoms with Crippen molar-refractivity contribution in [3.8, 4) is 0 Å². The first kappa shape index (κ1) is 16.5. The highest BCUT2D eigenvalue weighted by atomic mass is 32.1. The van der Waals surface area contributed by atoms with Crippen LogP contribution in [0.3, 0.4) is 0 Å². The van der Waals surface area contributed by atoms with Gasteiger partial charge < -0.3 is 14.7 Å². The van der Waals surface area contributed by atoms with Crippen molar-refractivity contribution < 1.29 is 19.4 Å². The van der Waals surface area contributed by atoms with Crippen LogP contribution in [0.4, 0.5) is 0 Å². The molecule has 1 saturated carbocycles. The normalized spacial score (nSPS) is 24.3. The predicted octanol–water partition coefficient (Wildman–Crippen LogP) is 2.65. The van der Waals surface area contributed by atoms with Gasteiger partial charge in [0.2, 0.25) is 5.91 Å². The maximum absolute atomic E-state index is 13.3. The van der Waals surface area contributed by atoms with E-state index in [9.17, 15) is 9.59 Å². The molecule has 1 N–H and O–H groups in total. The molecule has 1 amide bonds. The highest BCUT2D eigenvalue weighted by Crippen LogP contribution is 2.43. The highest BCUT2D eigenvalue weighted by Gasteiger charge is 2.45. The molecule has 126 valence electrons. The van der Waals surface area contributed by atoms with Gasteiger partial charge in [-0.2, -0.15) is 0 Å². The lowest BCUT2D eigenvalue weighted by atomic mass is 9.71. The number of rotatable bonds is 4. The van der Waals surface area contributed by atoms with Crippen LogP contribution in [0.1, 0.15) is 43.4 Å². The van der Waals surface area contributed by atoms with Crippen LogP contribution < -0.4 is 0 Å². The highest BCUT2D eigenvalue weighted by molar-refractivity contribution is 7.10. The molecule has 2 fully saturated rings. The molecule has 6 heteroatoms. The number of carbonyl (C=O) groups excluding carboxylic acids is 1. The molecular weight excluding hydrogens is 314 g/mol. The number of nitrogens with zero attached hydrogens (tertiary/aromatic N) is 1. The molecule has 1 aliphatic carbocycles. The van der Waals surface area contributed by atoms with Crippen molar-refractivity contribution in [2.75, 3.05) is 19.7 Å². The van der Waals surface area contributed by atoms with Crippen LogP contribution in [0, 0.1) is 0 Å². The number of carbonyl (C=O) groups is 2. The summed E-state index contributed by atoms with van der Waals surface area (Å²) >= 11 is 1.66. The SMILES string of the molecule is O=C(O)CC1CN(C(=O)C2(c3cccs3)CCCCC2)CCO1. The molecule has 1 unspecified atom stereocenters. The Morgan fingerprint density at radius 1 is 1.35 bits per heavy atom. The molecule has 2 aliphatic rings. The van der Waals surface area contributed by atoms with E-state index in [-0.39, 0.29) is 12.3 Å². The summed E-state index contributed by atoms with van der Waals surface area (Å²) in [5.74, 6) is -0.715. The summed E-state index contributed by atoms with van der Waals surface area (Å²) in [6.07, 6.45) is 4.69. The van der Waals surface area contributed by atoms with E-state index in [4.69, 9.17) is 9.84 Å². The molecule has 0 bridgehead atoms. The lowest BCUT2D eigenvalue weighted by Crippen LogP contribution is -2.53. The van der Waals surface area contributed by atoms with E-state index in [1.807, 2.05) is 16.3 Å². The van der Waals surface area contributed by atoms with E-state index in [0.717, 1.165) is 30.6 Å². The lowest BCUT2D eigenvalue weighted by Gasteiger charge is -2.42. The molecular formula is C17H23NO4S. The molecule has 1 saturated heterocycles. The quantitative estimate of drug-likeness (QED) is 0.917. The standard InChI is InChI=1S/C17H23NO4S/c19-15(20)11-13-12-18(8-9-22-13)16(21)17(6-2-1-3-7-17)14-5-4-10-23-14/h4-5,10,13H,1-3,6-9,11-12H2,(H,19,20). The van der Waals surface area contributed by atoms with E-state index >= 15 is 0 Å². The van der Waals surface area contributed by atoms with E-state index in [1.54, 1.807) is 11.3 Å². The zero-order valence-electron chi connectivity index (χ0n) is 13.2. The molecule has 0 spiro atoms. The molecule has 1 aliphatic heterocycles.